The number of hydrogen-bond donors (Lipinski definition) is 2. The molecule has 8 heteroatoms. The van der Waals surface area contributed by atoms with Gasteiger partial charge < -0.3 is 20.7 Å². The molecule has 1 unspecified atom stereocenters. The Labute approximate surface area is 200 Å². The largest absolute Gasteiger partial charge is 0.383 e. The van der Waals surface area contributed by atoms with Crippen LogP contribution in [0.4, 0.5) is 5.82 Å². The number of carbonyl (C=O) groups excluding carboxylic acids is 2. The van der Waals surface area contributed by atoms with Crippen molar-refractivity contribution in [2.45, 2.75) is 52.2 Å². The first-order valence-electron chi connectivity index (χ1n) is 11.9. The van der Waals surface area contributed by atoms with Crippen LogP contribution in [0.25, 0.3) is 11.3 Å². The highest BCUT2D eigenvalue weighted by molar-refractivity contribution is 6.04. The molecular formula is C26H33N5O3. The predicted molar refractivity (Wildman–Crippen MR) is 131 cm³/mol. The van der Waals surface area contributed by atoms with Crippen LogP contribution in [0.15, 0.2) is 24.3 Å². The summed E-state index contributed by atoms with van der Waals surface area (Å²) in [6, 6.07) is 8.02. The lowest BCUT2D eigenvalue weighted by Gasteiger charge is -2.45. The molecule has 34 heavy (non-hydrogen) atoms. The van der Waals surface area contributed by atoms with E-state index in [1.165, 1.54) is 0 Å². The van der Waals surface area contributed by atoms with E-state index < -0.39 is 0 Å². The number of likely N-dealkylation sites (tertiary alicyclic amines) is 1. The summed E-state index contributed by atoms with van der Waals surface area (Å²) >= 11 is 0. The first kappa shape index (κ1) is 23.8. The number of benzene rings is 1. The number of nitrogens with zero attached hydrogens (tertiary/aromatic N) is 3. The van der Waals surface area contributed by atoms with Crippen molar-refractivity contribution in [2.75, 3.05) is 32.5 Å². The Bertz CT molecular complexity index is 1140. The molecule has 0 bridgehead atoms. The Morgan fingerprint density at radius 2 is 2.03 bits per heavy atom. The lowest BCUT2D eigenvalue weighted by molar-refractivity contribution is -0.125. The Kier molecular flexibility index (Phi) is 6.67. The number of aromatic nitrogens is 2. The van der Waals surface area contributed by atoms with Gasteiger partial charge in [-0.15, -0.1) is 0 Å². The van der Waals surface area contributed by atoms with Gasteiger partial charge in [0.1, 0.15) is 17.1 Å². The maximum Gasteiger partial charge on any atom is 0.298 e. The molecule has 2 amide bonds. The van der Waals surface area contributed by atoms with E-state index in [4.69, 9.17) is 15.6 Å². The van der Waals surface area contributed by atoms with Crippen molar-refractivity contribution < 1.29 is 14.3 Å². The minimum absolute atomic E-state index is 0.00702. The van der Waals surface area contributed by atoms with E-state index in [1.807, 2.05) is 43.0 Å². The zero-order valence-corrected chi connectivity index (χ0v) is 20.4. The van der Waals surface area contributed by atoms with Crippen LogP contribution in [-0.2, 0) is 9.53 Å². The molecule has 1 saturated heterocycles. The summed E-state index contributed by atoms with van der Waals surface area (Å²) in [4.78, 5) is 26.7. The fraction of sp³-hybridized carbons (Fsp3) is 0.500. The zero-order chi connectivity index (χ0) is 24.5. The standard InChI is InChI=1S/C26H33N5O3/c1-5-7-21(32)30-13-12-26(16-30)14-20(15-26)31-24(27)22(25(33)28-4)23(29-31)19-10-8-18(9-11-19)17(3)34-6-2/h8-11,17,20H,6,12-16,27H2,1-4H3,(H,28,33). The van der Waals surface area contributed by atoms with Gasteiger partial charge >= 0.3 is 0 Å². The van der Waals surface area contributed by atoms with Gasteiger partial charge in [0.25, 0.3) is 11.8 Å². The Hall–Kier alpha value is -3.31. The molecule has 2 aromatic rings. The predicted octanol–water partition coefficient (Wildman–Crippen LogP) is 3.17. The van der Waals surface area contributed by atoms with Crippen LogP contribution in [-0.4, -0.2) is 53.2 Å². The Morgan fingerprint density at radius 3 is 2.65 bits per heavy atom. The van der Waals surface area contributed by atoms with Gasteiger partial charge in [-0.3, -0.25) is 9.59 Å². The van der Waals surface area contributed by atoms with Crippen molar-refractivity contribution in [2.24, 2.45) is 5.41 Å². The van der Waals surface area contributed by atoms with E-state index in [0.717, 1.165) is 36.9 Å². The summed E-state index contributed by atoms with van der Waals surface area (Å²) in [5.74, 6) is 5.35. The molecule has 8 nitrogen and oxygen atoms in total. The van der Waals surface area contributed by atoms with Crippen LogP contribution in [0, 0.1) is 17.3 Å². The third kappa shape index (κ3) is 4.28. The first-order chi connectivity index (χ1) is 16.3. The van der Waals surface area contributed by atoms with Crippen LogP contribution < -0.4 is 11.1 Å². The molecule has 2 heterocycles. The highest BCUT2D eigenvalue weighted by Crippen LogP contribution is 2.54. The van der Waals surface area contributed by atoms with Crippen molar-refractivity contribution in [1.29, 1.82) is 0 Å². The molecular weight excluding hydrogens is 430 g/mol. The van der Waals surface area contributed by atoms with E-state index in [1.54, 1.807) is 18.7 Å². The summed E-state index contributed by atoms with van der Waals surface area (Å²) < 4.78 is 7.48. The Balaban J connectivity index is 1.57. The molecule has 180 valence electrons. The third-order valence-corrected chi connectivity index (χ3v) is 7.11. The second-order valence-electron chi connectivity index (χ2n) is 9.27. The number of nitrogens with two attached hydrogens (primary N) is 1. The summed E-state index contributed by atoms with van der Waals surface area (Å²) in [5.41, 5.74) is 9.44. The monoisotopic (exact) mass is 463 g/mol. The fourth-order valence-corrected chi connectivity index (χ4v) is 5.28. The van der Waals surface area contributed by atoms with Gasteiger partial charge in [0.05, 0.1) is 12.1 Å². The van der Waals surface area contributed by atoms with Gasteiger partial charge in [-0.25, -0.2) is 4.68 Å². The summed E-state index contributed by atoms with van der Waals surface area (Å²) in [7, 11) is 1.59. The SMILES string of the molecule is CC#CC(=O)N1CCC2(CC(n3nc(-c4ccc(C(C)OCC)cc4)c(C(=O)NC)c3N)C2)C1. The van der Waals surface area contributed by atoms with Gasteiger partial charge in [0, 0.05) is 32.3 Å². The summed E-state index contributed by atoms with van der Waals surface area (Å²) in [6.07, 6.45) is 2.70. The number of nitrogen functional groups attached to an aromatic ring is 1. The van der Waals surface area contributed by atoms with Crippen molar-refractivity contribution >= 4 is 17.6 Å². The van der Waals surface area contributed by atoms with Crippen molar-refractivity contribution in [1.82, 2.24) is 20.0 Å². The molecule has 1 spiro atoms. The van der Waals surface area contributed by atoms with Gasteiger partial charge in [-0.2, -0.15) is 5.10 Å². The molecule has 2 aliphatic rings. The number of anilines is 1. The van der Waals surface area contributed by atoms with E-state index in [9.17, 15) is 9.59 Å². The van der Waals surface area contributed by atoms with Gasteiger partial charge in [-0.05, 0) is 56.9 Å². The van der Waals surface area contributed by atoms with Crippen molar-refractivity contribution in [3.8, 4) is 23.1 Å². The minimum Gasteiger partial charge on any atom is -0.383 e. The molecule has 3 N–H and O–H groups in total. The van der Waals surface area contributed by atoms with Crippen LogP contribution >= 0.6 is 0 Å². The molecule has 1 saturated carbocycles. The lowest BCUT2D eigenvalue weighted by atomic mass is 9.65. The smallest absolute Gasteiger partial charge is 0.298 e. The van der Waals surface area contributed by atoms with Gasteiger partial charge in [-0.1, -0.05) is 30.2 Å². The number of rotatable bonds is 6. The van der Waals surface area contributed by atoms with Crippen LogP contribution in [0.1, 0.15) is 68.1 Å². The second kappa shape index (κ2) is 9.51. The van der Waals surface area contributed by atoms with E-state index in [2.05, 4.69) is 17.2 Å². The molecule has 0 radical (unpaired) electrons. The molecule has 1 aliphatic carbocycles. The summed E-state index contributed by atoms with van der Waals surface area (Å²) in [6.45, 7) is 7.76. The normalized spacial score (nSPS) is 22.1. The second-order valence-corrected chi connectivity index (χ2v) is 9.27. The number of carbonyl (C=O) groups is 2. The summed E-state index contributed by atoms with van der Waals surface area (Å²) in [5, 5.41) is 7.51. The van der Waals surface area contributed by atoms with Crippen LogP contribution in [0.5, 0.6) is 0 Å². The Morgan fingerprint density at radius 1 is 1.32 bits per heavy atom. The number of hydrogen-bond acceptors (Lipinski definition) is 5. The van der Waals surface area contributed by atoms with Gasteiger partial charge in [0.15, 0.2) is 0 Å². The maximum absolute atomic E-state index is 12.7. The average Bonchev–Trinajstić information content (AvgIpc) is 3.40. The van der Waals surface area contributed by atoms with E-state index in [-0.39, 0.29) is 29.4 Å². The molecule has 2 fully saturated rings. The molecule has 1 atom stereocenters. The number of amides is 2. The molecule has 1 aromatic carbocycles. The first-order valence-corrected chi connectivity index (χ1v) is 11.9. The zero-order valence-electron chi connectivity index (χ0n) is 20.4. The number of nitrogens with one attached hydrogen (secondary N) is 1. The lowest BCUT2D eigenvalue weighted by Crippen LogP contribution is -2.42. The fourth-order valence-electron chi connectivity index (χ4n) is 5.28. The van der Waals surface area contributed by atoms with Crippen molar-refractivity contribution in [3.05, 3.63) is 35.4 Å². The minimum atomic E-state index is -0.254. The molecule has 1 aromatic heterocycles. The quantitative estimate of drug-likeness (QED) is 0.641. The average molecular weight is 464 g/mol. The maximum atomic E-state index is 12.7. The molecule has 4 rings (SSSR count). The highest BCUT2D eigenvalue weighted by Gasteiger charge is 2.51. The molecule has 1 aliphatic heterocycles. The van der Waals surface area contributed by atoms with E-state index in [0.29, 0.717) is 30.2 Å². The highest BCUT2D eigenvalue weighted by atomic mass is 16.5. The van der Waals surface area contributed by atoms with Crippen LogP contribution in [0.3, 0.4) is 0 Å². The van der Waals surface area contributed by atoms with Crippen LogP contribution in [0.2, 0.25) is 0 Å². The van der Waals surface area contributed by atoms with E-state index >= 15 is 0 Å². The van der Waals surface area contributed by atoms with Gasteiger partial charge in [0.2, 0.25) is 0 Å². The number of ether oxygens (including phenoxy) is 1. The van der Waals surface area contributed by atoms with Crippen molar-refractivity contribution in [3.63, 3.8) is 0 Å². The third-order valence-electron chi connectivity index (χ3n) is 7.11. The topological polar surface area (TPSA) is 102 Å².